The van der Waals surface area contributed by atoms with Crippen molar-refractivity contribution < 1.29 is 9.47 Å². The highest BCUT2D eigenvalue weighted by atomic mass is 35.5. The van der Waals surface area contributed by atoms with Crippen molar-refractivity contribution in [1.82, 2.24) is 29.8 Å². The normalized spacial score (nSPS) is 11.3. The van der Waals surface area contributed by atoms with Gasteiger partial charge >= 0.3 is 0 Å². The Morgan fingerprint density at radius 1 is 1.00 bits per heavy atom. The smallest absolute Gasteiger partial charge is 0.261 e. The first kappa shape index (κ1) is 27.5. The second-order valence-electron chi connectivity index (χ2n) is 9.40. The highest BCUT2D eigenvalue weighted by Gasteiger charge is 2.16. The van der Waals surface area contributed by atoms with Gasteiger partial charge in [0, 0.05) is 19.1 Å². The largest absolute Gasteiger partial charge is 0.492 e. The lowest BCUT2D eigenvalue weighted by Gasteiger charge is -2.15. The van der Waals surface area contributed by atoms with Gasteiger partial charge in [-0.25, -0.2) is 4.98 Å². The van der Waals surface area contributed by atoms with E-state index in [9.17, 15) is 4.79 Å². The van der Waals surface area contributed by atoms with E-state index < -0.39 is 0 Å². The fourth-order valence-electron chi connectivity index (χ4n) is 4.69. The molecule has 0 aliphatic carbocycles. The zero-order valence-electron chi connectivity index (χ0n) is 22.6. The van der Waals surface area contributed by atoms with Crippen LogP contribution in [0.5, 0.6) is 5.75 Å². The van der Waals surface area contributed by atoms with Crippen LogP contribution in [-0.4, -0.2) is 49.4 Å². The number of aromatic nitrogens is 6. The molecule has 0 saturated heterocycles. The summed E-state index contributed by atoms with van der Waals surface area (Å²) in [7, 11) is 1.61. The third-order valence-electron chi connectivity index (χ3n) is 6.66. The number of methoxy groups -OCH3 is 1. The molecule has 0 fully saturated rings. The van der Waals surface area contributed by atoms with E-state index in [-0.39, 0.29) is 12.3 Å². The van der Waals surface area contributed by atoms with Crippen molar-refractivity contribution in [1.29, 1.82) is 0 Å². The molecule has 2 aromatic heterocycles. The third kappa shape index (κ3) is 5.90. The fourth-order valence-corrected chi connectivity index (χ4v) is 4.77. The second kappa shape index (κ2) is 12.8. The molecular formula is C30H31ClN6O3. The van der Waals surface area contributed by atoms with Crippen molar-refractivity contribution in [2.75, 3.05) is 19.6 Å². The standard InChI is InChI=1S/C30H31ClN6O3/c1-3-4-9-28-32-27-15-14-23(40-17-16-31)18-26(27)30(38)36(28)19-21-10-12-22(13-11-21)24-7-5-6-8-25(24)29-33-34-35-37(29)20-39-2/h5-8,10-15,18H,3-4,9,16-17,19-20H2,1-2H3. The van der Waals surface area contributed by atoms with Gasteiger partial charge in [-0.15, -0.1) is 16.7 Å². The van der Waals surface area contributed by atoms with Gasteiger partial charge in [0.1, 0.15) is 24.9 Å². The summed E-state index contributed by atoms with van der Waals surface area (Å²) < 4.78 is 14.3. The first-order valence-electron chi connectivity index (χ1n) is 13.3. The number of hydrogen-bond acceptors (Lipinski definition) is 7. The Morgan fingerprint density at radius 3 is 2.55 bits per heavy atom. The van der Waals surface area contributed by atoms with Gasteiger partial charge in [0.2, 0.25) is 0 Å². The lowest BCUT2D eigenvalue weighted by atomic mass is 9.98. The lowest BCUT2D eigenvalue weighted by Crippen LogP contribution is -2.26. The molecule has 0 amide bonds. The van der Waals surface area contributed by atoms with Gasteiger partial charge in [0.05, 0.1) is 23.3 Å². The zero-order valence-corrected chi connectivity index (χ0v) is 23.3. The Bertz CT molecular complexity index is 1650. The molecule has 10 heteroatoms. The molecule has 0 N–H and O–H groups in total. The maximum Gasteiger partial charge on any atom is 0.261 e. The number of ether oxygens (including phenoxy) is 2. The van der Waals surface area contributed by atoms with Gasteiger partial charge in [-0.3, -0.25) is 9.36 Å². The van der Waals surface area contributed by atoms with Crippen molar-refractivity contribution >= 4 is 22.5 Å². The molecule has 2 heterocycles. The molecule has 0 aliphatic rings. The van der Waals surface area contributed by atoms with E-state index in [1.54, 1.807) is 22.4 Å². The number of aryl methyl sites for hydroxylation is 1. The van der Waals surface area contributed by atoms with Gasteiger partial charge in [0.25, 0.3) is 5.56 Å². The van der Waals surface area contributed by atoms with E-state index in [0.717, 1.165) is 47.3 Å². The third-order valence-corrected chi connectivity index (χ3v) is 6.82. The monoisotopic (exact) mass is 558 g/mol. The summed E-state index contributed by atoms with van der Waals surface area (Å²) in [6.45, 7) is 3.18. The molecule has 0 bridgehead atoms. The molecule has 40 heavy (non-hydrogen) atoms. The quantitative estimate of drug-likeness (QED) is 0.191. The van der Waals surface area contributed by atoms with Crippen LogP contribution in [0, 0.1) is 0 Å². The Hall–Kier alpha value is -4.08. The van der Waals surface area contributed by atoms with Gasteiger partial charge in [-0.2, -0.15) is 4.68 Å². The van der Waals surface area contributed by atoms with Crippen LogP contribution in [0.4, 0.5) is 0 Å². The fraction of sp³-hybridized carbons (Fsp3) is 0.300. The molecule has 0 saturated carbocycles. The maximum absolute atomic E-state index is 13.7. The van der Waals surface area contributed by atoms with Crippen LogP contribution in [0.25, 0.3) is 33.4 Å². The van der Waals surface area contributed by atoms with Crippen LogP contribution in [0.3, 0.4) is 0 Å². The highest BCUT2D eigenvalue weighted by molar-refractivity contribution is 6.18. The number of rotatable bonds is 12. The lowest BCUT2D eigenvalue weighted by molar-refractivity contribution is 0.120. The van der Waals surface area contributed by atoms with E-state index in [1.165, 1.54) is 0 Å². The Morgan fingerprint density at radius 2 is 1.80 bits per heavy atom. The van der Waals surface area contributed by atoms with Crippen LogP contribution < -0.4 is 10.3 Å². The molecule has 3 aromatic carbocycles. The van der Waals surface area contributed by atoms with Crippen molar-refractivity contribution in [2.24, 2.45) is 0 Å². The first-order valence-corrected chi connectivity index (χ1v) is 13.8. The number of unbranched alkanes of at least 4 members (excludes halogenated alkanes) is 1. The first-order chi connectivity index (χ1) is 19.6. The molecule has 0 radical (unpaired) electrons. The van der Waals surface area contributed by atoms with Crippen molar-refractivity contribution in [2.45, 2.75) is 39.5 Å². The van der Waals surface area contributed by atoms with Crippen LogP contribution in [-0.2, 0) is 24.4 Å². The van der Waals surface area contributed by atoms with Crippen molar-refractivity contribution in [3.05, 3.63) is 88.5 Å². The van der Waals surface area contributed by atoms with E-state index in [1.807, 2.05) is 48.5 Å². The SMILES string of the molecule is CCCCc1nc2ccc(OCCCl)cc2c(=O)n1Cc1ccc(-c2ccccc2-c2nnnn2COC)cc1. The highest BCUT2D eigenvalue weighted by Crippen LogP contribution is 2.31. The number of tetrazole rings is 1. The molecule has 0 unspecified atom stereocenters. The molecule has 0 aliphatic heterocycles. The van der Waals surface area contributed by atoms with E-state index >= 15 is 0 Å². The van der Waals surface area contributed by atoms with Crippen molar-refractivity contribution in [3.8, 4) is 28.3 Å². The minimum Gasteiger partial charge on any atom is -0.492 e. The minimum absolute atomic E-state index is 0.0770. The maximum atomic E-state index is 13.7. The van der Waals surface area contributed by atoms with Crippen molar-refractivity contribution in [3.63, 3.8) is 0 Å². The van der Waals surface area contributed by atoms with Gasteiger partial charge in [-0.1, -0.05) is 61.9 Å². The number of hydrogen-bond donors (Lipinski definition) is 0. The number of halogens is 1. The summed E-state index contributed by atoms with van der Waals surface area (Å²) in [5.41, 5.74) is 4.52. The molecule has 0 atom stereocenters. The summed E-state index contributed by atoms with van der Waals surface area (Å²) in [6.07, 6.45) is 2.70. The molecule has 5 aromatic rings. The molecule has 206 valence electrons. The van der Waals surface area contributed by atoms with E-state index in [2.05, 4.69) is 34.6 Å². The molecule has 0 spiro atoms. The number of benzene rings is 3. The van der Waals surface area contributed by atoms with E-state index in [4.69, 9.17) is 26.1 Å². The molecule has 9 nitrogen and oxygen atoms in total. The summed E-state index contributed by atoms with van der Waals surface area (Å²) in [5, 5.41) is 12.6. The predicted molar refractivity (Wildman–Crippen MR) is 156 cm³/mol. The number of alkyl halides is 1. The minimum atomic E-state index is -0.0770. The van der Waals surface area contributed by atoms with Crippen LogP contribution in [0.2, 0.25) is 0 Å². The van der Waals surface area contributed by atoms with E-state index in [0.29, 0.717) is 41.5 Å². The Balaban J connectivity index is 1.48. The Labute approximate surface area is 237 Å². The predicted octanol–water partition coefficient (Wildman–Crippen LogP) is 5.33. The summed E-state index contributed by atoms with van der Waals surface area (Å²) in [6, 6.07) is 21.6. The van der Waals surface area contributed by atoms with Crippen LogP contribution >= 0.6 is 11.6 Å². The summed E-state index contributed by atoms with van der Waals surface area (Å²) >= 11 is 5.77. The average Bonchev–Trinajstić information content (AvgIpc) is 3.45. The van der Waals surface area contributed by atoms with Gasteiger partial charge in [0.15, 0.2) is 5.82 Å². The van der Waals surface area contributed by atoms with Gasteiger partial charge < -0.3 is 9.47 Å². The second-order valence-corrected chi connectivity index (χ2v) is 9.78. The van der Waals surface area contributed by atoms with Gasteiger partial charge in [-0.05, 0) is 51.7 Å². The molecular weight excluding hydrogens is 528 g/mol. The zero-order chi connectivity index (χ0) is 27.9. The summed E-state index contributed by atoms with van der Waals surface area (Å²) in [4.78, 5) is 18.6. The topological polar surface area (TPSA) is 97.0 Å². The number of nitrogens with zero attached hydrogens (tertiary/aromatic N) is 6. The summed E-state index contributed by atoms with van der Waals surface area (Å²) in [5.74, 6) is 2.40. The molecule has 5 rings (SSSR count). The number of fused-ring (bicyclic) bond motifs is 1. The van der Waals surface area contributed by atoms with Crippen LogP contribution in [0.15, 0.2) is 71.5 Å². The average molecular weight is 559 g/mol. The van der Waals surface area contributed by atoms with Crippen LogP contribution in [0.1, 0.15) is 31.2 Å². The Kier molecular flexibility index (Phi) is 8.83.